The van der Waals surface area contributed by atoms with Gasteiger partial charge >= 0.3 is 0 Å². The molecule has 3 nitrogen and oxygen atoms in total. The number of nitrogens with one attached hydrogen (secondary N) is 1. The van der Waals surface area contributed by atoms with Gasteiger partial charge in [-0.3, -0.25) is 0 Å². The van der Waals surface area contributed by atoms with Crippen LogP contribution in [0.4, 0.5) is 0 Å². The Hall–Kier alpha value is -0.120. The zero-order valence-corrected chi connectivity index (χ0v) is 10.5. The van der Waals surface area contributed by atoms with Gasteiger partial charge in [0, 0.05) is 19.8 Å². The number of hydrogen-bond donors (Lipinski definition) is 1. The van der Waals surface area contributed by atoms with E-state index in [9.17, 15) is 0 Å². The summed E-state index contributed by atoms with van der Waals surface area (Å²) in [7, 11) is 1.77. The first-order valence-electron chi connectivity index (χ1n) is 5.93. The number of hydrogen-bond acceptors (Lipinski definition) is 3. The van der Waals surface area contributed by atoms with Gasteiger partial charge in [0.15, 0.2) is 0 Å². The molecule has 1 saturated heterocycles. The molecule has 0 aromatic rings. The molecule has 0 radical (unpaired) electrons. The SMILES string of the molecule is COC(C)(C)CCNC1CCOC(C)C1. The molecule has 1 aliphatic heterocycles. The van der Waals surface area contributed by atoms with Gasteiger partial charge in [0.25, 0.3) is 0 Å². The summed E-state index contributed by atoms with van der Waals surface area (Å²) >= 11 is 0. The fourth-order valence-electron chi connectivity index (χ4n) is 1.86. The lowest BCUT2D eigenvalue weighted by Crippen LogP contribution is -2.40. The summed E-state index contributed by atoms with van der Waals surface area (Å²) in [5.41, 5.74) is -0.0101. The van der Waals surface area contributed by atoms with Gasteiger partial charge in [0.2, 0.25) is 0 Å². The Bertz CT molecular complexity index is 182. The number of methoxy groups -OCH3 is 1. The largest absolute Gasteiger partial charge is 0.379 e. The summed E-state index contributed by atoms with van der Waals surface area (Å²) in [6.07, 6.45) is 3.73. The van der Waals surface area contributed by atoms with E-state index >= 15 is 0 Å². The highest BCUT2D eigenvalue weighted by molar-refractivity contribution is 4.76. The predicted octanol–water partition coefficient (Wildman–Crippen LogP) is 1.96. The van der Waals surface area contributed by atoms with Gasteiger partial charge in [0.05, 0.1) is 11.7 Å². The Kier molecular flexibility index (Phi) is 5.03. The number of ether oxygens (including phenoxy) is 2. The van der Waals surface area contributed by atoms with Gasteiger partial charge in [-0.2, -0.15) is 0 Å². The highest BCUT2D eigenvalue weighted by Crippen LogP contribution is 2.15. The van der Waals surface area contributed by atoms with Crippen molar-refractivity contribution in [3.63, 3.8) is 0 Å². The molecule has 0 saturated carbocycles. The average molecular weight is 215 g/mol. The normalized spacial score (nSPS) is 28.0. The molecule has 0 amide bonds. The first-order chi connectivity index (χ1) is 7.03. The van der Waals surface area contributed by atoms with Crippen molar-refractivity contribution in [2.75, 3.05) is 20.3 Å². The molecule has 1 rings (SSSR count). The molecule has 0 aliphatic carbocycles. The summed E-state index contributed by atoms with van der Waals surface area (Å²) in [5, 5.41) is 3.58. The molecule has 90 valence electrons. The third-order valence-corrected chi connectivity index (χ3v) is 3.20. The van der Waals surface area contributed by atoms with E-state index in [2.05, 4.69) is 26.1 Å². The summed E-state index contributed by atoms with van der Waals surface area (Å²) in [4.78, 5) is 0. The topological polar surface area (TPSA) is 30.5 Å². The second-order valence-electron chi connectivity index (χ2n) is 5.07. The van der Waals surface area contributed by atoms with Crippen molar-refractivity contribution < 1.29 is 9.47 Å². The predicted molar refractivity (Wildman–Crippen MR) is 62.1 cm³/mol. The van der Waals surface area contributed by atoms with Gasteiger partial charge in [-0.25, -0.2) is 0 Å². The highest BCUT2D eigenvalue weighted by Gasteiger charge is 2.20. The lowest BCUT2D eigenvalue weighted by molar-refractivity contribution is 0.00379. The average Bonchev–Trinajstić information content (AvgIpc) is 2.18. The quantitative estimate of drug-likeness (QED) is 0.760. The lowest BCUT2D eigenvalue weighted by Gasteiger charge is -2.29. The van der Waals surface area contributed by atoms with E-state index < -0.39 is 0 Å². The molecule has 1 heterocycles. The minimum atomic E-state index is -0.0101. The zero-order valence-electron chi connectivity index (χ0n) is 10.5. The molecular formula is C12H25NO2. The Morgan fingerprint density at radius 1 is 1.47 bits per heavy atom. The van der Waals surface area contributed by atoms with Gasteiger partial charge in [0.1, 0.15) is 0 Å². The third kappa shape index (κ3) is 4.96. The molecule has 15 heavy (non-hydrogen) atoms. The van der Waals surface area contributed by atoms with Crippen LogP contribution in [0.15, 0.2) is 0 Å². The molecule has 1 fully saturated rings. The smallest absolute Gasteiger partial charge is 0.0634 e. The van der Waals surface area contributed by atoms with Crippen LogP contribution in [0.1, 0.15) is 40.0 Å². The fourth-order valence-corrected chi connectivity index (χ4v) is 1.86. The maximum atomic E-state index is 5.51. The van der Waals surface area contributed by atoms with Crippen molar-refractivity contribution in [3.05, 3.63) is 0 Å². The third-order valence-electron chi connectivity index (χ3n) is 3.20. The van der Waals surface area contributed by atoms with Crippen LogP contribution in [0.3, 0.4) is 0 Å². The molecule has 3 heteroatoms. The van der Waals surface area contributed by atoms with Crippen LogP contribution in [0.5, 0.6) is 0 Å². The maximum absolute atomic E-state index is 5.51. The van der Waals surface area contributed by atoms with E-state index in [1.807, 2.05) is 0 Å². The van der Waals surface area contributed by atoms with Gasteiger partial charge in [-0.1, -0.05) is 0 Å². The van der Waals surface area contributed by atoms with E-state index in [4.69, 9.17) is 9.47 Å². The molecule has 0 bridgehead atoms. The van der Waals surface area contributed by atoms with Crippen molar-refractivity contribution in [2.24, 2.45) is 0 Å². The number of rotatable bonds is 5. The zero-order chi connectivity index (χ0) is 11.3. The Labute approximate surface area is 93.5 Å². The maximum Gasteiger partial charge on any atom is 0.0634 e. The van der Waals surface area contributed by atoms with Crippen molar-refractivity contribution in [3.8, 4) is 0 Å². The molecular weight excluding hydrogens is 190 g/mol. The highest BCUT2D eigenvalue weighted by atomic mass is 16.5. The van der Waals surface area contributed by atoms with Crippen LogP contribution >= 0.6 is 0 Å². The summed E-state index contributed by atoms with van der Waals surface area (Å²) in [6.45, 7) is 8.32. The van der Waals surface area contributed by atoms with Crippen LogP contribution in [-0.2, 0) is 9.47 Å². The van der Waals surface area contributed by atoms with Gasteiger partial charge in [-0.15, -0.1) is 0 Å². The van der Waals surface area contributed by atoms with E-state index in [0.29, 0.717) is 12.1 Å². The molecule has 0 aromatic carbocycles. The van der Waals surface area contributed by atoms with Crippen molar-refractivity contribution in [1.29, 1.82) is 0 Å². The van der Waals surface area contributed by atoms with E-state index in [1.54, 1.807) is 7.11 Å². The standard InChI is InChI=1S/C12H25NO2/c1-10-9-11(5-8-15-10)13-7-6-12(2,3)14-4/h10-11,13H,5-9H2,1-4H3. The molecule has 1 N–H and O–H groups in total. The van der Waals surface area contributed by atoms with Crippen LogP contribution in [0.2, 0.25) is 0 Å². The van der Waals surface area contributed by atoms with E-state index in [0.717, 1.165) is 32.4 Å². The van der Waals surface area contributed by atoms with Crippen LogP contribution in [-0.4, -0.2) is 38.0 Å². The lowest BCUT2D eigenvalue weighted by atomic mass is 10.0. The van der Waals surface area contributed by atoms with Gasteiger partial charge in [-0.05, 0) is 46.6 Å². The van der Waals surface area contributed by atoms with Crippen LogP contribution in [0, 0.1) is 0 Å². The monoisotopic (exact) mass is 215 g/mol. The Morgan fingerprint density at radius 3 is 2.80 bits per heavy atom. The molecule has 2 atom stereocenters. The second kappa shape index (κ2) is 5.83. The molecule has 0 spiro atoms. The van der Waals surface area contributed by atoms with Gasteiger partial charge < -0.3 is 14.8 Å². The second-order valence-corrected chi connectivity index (χ2v) is 5.07. The summed E-state index contributed by atoms with van der Waals surface area (Å²) in [5.74, 6) is 0. The van der Waals surface area contributed by atoms with Crippen LogP contribution in [0.25, 0.3) is 0 Å². The van der Waals surface area contributed by atoms with Crippen LogP contribution < -0.4 is 5.32 Å². The molecule has 0 aromatic heterocycles. The van der Waals surface area contributed by atoms with Crippen molar-refractivity contribution in [1.82, 2.24) is 5.32 Å². The van der Waals surface area contributed by atoms with E-state index in [1.165, 1.54) is 0 Å². The first kappa shape index (κ1) is 12.9. The molecule has 2 unspecified atom stereocenters. The van der Waals surface area contributed by atoms with Crippen molar-refractivity contribution >= 4 is 0 Å². The van der Waals surface area contributed by atoms with Crippen molar-refractivity contribution in [2.45, 2.75) is 57.8 Å². The minimum Gasteiger partial charge on any atom is -0.379 e. The summed E-state index contributed by atoms with van der Waals surface area (Å²) in [6, 6.07) is 0.626. The minimum absolute atomic E-state index is 0.0101. The first-order valence-corrected chi connectivity index (χ1v) is 5.93. The Morgan fingerprint density at radius 2 is 2.20 bits per heavy atom. The Balaban J connectivity index is 2.14. The fraction of sp³-hybridized carbons (Fsp3) is 1.00. The summed E-state index contributed by atoms with van der Waals surface area (Å²) < 4.78 is 10.9. The molecule has 1 aliphatic rings. The van der Waals surface area contributed by atoms with E-state index in [-0.39, 0.29) is 5.60 Å².